The molecule has 0 unspecified atom stereocenters. The van der Waals surface area contributed by atoms with Crippen LogP contribution in [0.2, 0.25) is 5.32 Å². The molecule has 0 fully saturated rings. The van der Waals surface area contributed by atoms with Gasteiger partial charge >= 0.3 is 66.8 Å². The van der Waals surface area contributed by atoms with Gasteiger partial charge in [-0.15, -0.1) is 0 Å². The molecule has 0 saturated heterocycles. The van der Waals surface area contributed by atoms with Crippen molar-refractivity contribution in [3.63, 3.8) is 0 Å². The fraction of sp³-hybridized carbons (Fsp3) is 0.600. The van der Waals surface area contributed by atoms with Crippen molar-refractivity contribution >= 4 is 37.6 Å². The third kappa shape index (κ3) is 3.35. The molecule has 8 heavy (non-hydrogen) atoms. The van der Waals surface area contributed by atoms with E-state index in [-0.39, 0.29) is 0 Å². The molecule has 0 saturated carbocycles. The maximum atomic E-state index is 2.42. The van der Waals surface area contributed by atoms with Crippen molar-refractivity contribution in [2.45, 2.75) is 18.2 Å². The zero-order chi connectivity index (χ0) is 5.66. The summed E-state index contributed by atoms with van der Waals surface area (Å²) in [5, 5.41) is 1.55. The number of rotatable bonds is 0. The van der Waals surface area contributed by atoms with Gasteiger partial charge in [-0.3, -0.25) is 0 Å². The number of allylic oxidation sites excluding steroid dienone is 1. The van der Waals surface area contributed by atoms with Crippen molar-refractivity contribution in [3.05, 3.63) is 11.1 Å². The monoisotopic (exact) mass is 308 g/mol. The van der Waals surface area contributed by atoms with Crippen LogP contribution in [-0.2, 0) is 0 Å². The molecule has 0 N–H and O–H groups in total. The molecule has 0 spiro atoms. The number of hydrogen-bond donors (Lipinski definition) is 0. The molecule has 0 atom stereocenters. The summed E-state index contributed by atoms with van der Waals surface area (Å²) >= 11 is 3.07. The van der Waals surface area contributed by atoms with Crippen LogP contribution < -0.4 is 0 Å². The molecule has 0 aromatic heterocycles. The summed E-state index contributed by atoms with van der Waals surface area (Å²) in [6.45, 7) is 0. The quantitative estimate of drug-likeness (QED) is 0.577. The van der Waals surface area contributed by atoms with Crippen LogP contribution in [0.25, 0.3) is 0 Å². The molecule has 1 aliphatic heterocycles. The Morgan fingerprint density at radius 3 is 3.38 bits per heavy atom. The van der Waals surface area contributed by atoms with Gasteiger partial charge in [0.1, 0.15) is 0 Å². The predicted octanol–water partition coefficient (Wildman–Crippen LogP) is 0.655. The Kier molecular flexibility index (Phi) is 4.73. The van der Waals surface area contributed by atoms with Crippen LogP contribution in [0.4, 0.5) is 0 Å². The molecule has 0 aromatic carbocycles. The Morgan fingerprint density at radius 1 is 1.38 bits per heavy atom. The minimum atomic E-state index is 0.938. The Bertz CT molecular complexity index is 69.7. The van der Waals surface area contributed by atoms with E-state index in [1.807, 2.05) is 0 Å². The van der Waals surface area contributed by atoms with Crippen molar-refractivity contribution in [2.24, 2.45) is 0 Å². The van der Waals surface area contributed by atoms with Crippen molar-refractivity contribution in [2.75, 3.05) is 0 Å². The summed E-state index contributed by atoms with van der Waals surface area (Å²) in [7, 11) is 0. The van der Waals surface area contributed by atoms with Crippen LogP contribution in [0.5, 0.6) is 0 Å². The SMILES string of the molecule is C1=C\[Se][Se][Se]CCC/1. The topological polar surface area (TPSA) is 0 Å². The van der Waals surface area contributed by atoms with Gasteiger partial charge in [-0.2, -0.15) is 0 Å². The number of hydrogen-bond acceptors (Lipinski definition) is 0. The van der Waals surface area contributed by atoms with E-state index >= 15 is 0 Å². The van der Waals surface area contributed by atoms with E-state index in [4.69, 9.17) is 0 Å². The zero-order valence-electron chi connectivity index (χ0n) is 4.50. The molecular formula is C5H8Se3. The second kappa shape index (κ2) is 5.11. The molecule has 1 heterocycles. The van der Waals surface area contributed by atoms with Crippen molar-refractivity contribution in [1.82, 2.24) is 0 Å². The Hall–Kier alpha value is 1.30. The molecule has 0 bridgehead atoms. The van der Waals surface area contributed by atoms with E-state index < -0.39 is 0 Å². The molecule has 0 nitrogen and oxygen atoms in total. The van der Waals surface area contributed by atoms with Gasteiger partial charge in [0, 0.05) is 0 Å². The van der Waals surface area contributed by atoms with Crippen LogP contribution in [0.3, 0.4) is 0 Å². The maximum absolute atomic E-state index is 2.42. The van der Waals surface area contributed by atoms with E-state index in [0.717, 1.165) is 37.6 Å². The van der Waals surface area contributed by atoms with Gasteiger partial charge in [-0.25, -0.2) is 0 Å². The van der Waals surface area contributed by atoms with E-state index in [0.29, 0.717) is 0 Å². The Morgan fingerprint density at radius 2 is 2.38 bits per heavy atom. The Balaban J connectivity index is 2.17. The first-order chi connectivity index (χ1) is 4.00. The van der Waals surface area contributed by atoms with Gasteiger partial charge < -0.3 is 0 Å². The summed E-state index contributed by atoms with van der Waals surface area (Å²) in [6, 6.07) is 0. The van der Waals surface area contributed by atoms with Crippen LogP contribution in [0.1, 0.15) is 12.8 Å². The van der Waals surface area contributed by atoms with Gasteiger partial charge in [-0.1, -0.05) is 0 Å². The first kappa shape index (κ1) is 7.41. The van der Waals surface area contributed by atoms with Gasteiger partial charge in [0.05, 0.1) is 0 Å². The summed E-state index contributed by atoms with van der Waals surface area (Å²) in [5.74, 6) is 0. The fourth-order valence-electron chi connectivity index (χ4n) is 0.452. The van der Waals surface area contributed by atoms with Crippen LogP contribution in [0.15, 0.2) is 11.1 Å². The molecular weight excluding hydrogens is 297 g/mol. The molecule has 1 aliphatic rings. The molecule has 46 valence electrons. The fourth-order valence-corrected chi connectivity index (χ4v) is 15.4. The third-order valence-corrected chi connectivity index (χ3v) is 17.6. The molecule has 3 heteroatoms. The van der Waals surface area contributed by atoms with Crippen LogP contribution >= 0.6 is 0 Å². The standard InChI is InChI=1S/C5H8Se3/c1-2-4-6-8-7-5-3-1/h2,4H,1,3,5H2/b4-2-. The summed E-state index contributed by atoms with van der Waals surface area (Å²) in [6.07, 6.45) is 5.20. The zero-order valence-corrected chi connectivity index (χ0v) is 9.64. The van der Waals surface area contributed by atoms with Gasteiger partial charge in [-0.05, 0) is 0 Å². The first-order valence-electron chi connectivity index (χ1n) is 2.60. The second-order valence-corrected chi connectivity index (χ2v) is 18.0. The molecule has 1 rings (SSSR count). The van der Waals surface area contributed by atoms with Gasteiger partial charge in [0.15, 0.2) is 0 Å². The molecule has 0 aliphatic carbocycles. The van der Waals surface area contributed by atoms with Crippen LogP contribution in [-0.4, -0.2) is 37.6 Å². The molecule has 0 amide bonds. The van der Waals surface area contributed by atoms with Gasteiger partial charge in [0.25, 0.3) is 0 Å². The normalized spacial score (nSPS) is 26.0. The summed E-state index contributed by atoms with van der Waals surface area (Å²) in [4.78, 5) is 2.42. The van der Waals surface area contributed by atoms with Gasteiger partial charge in [0.2, 0.25) is 0 Å². The molecule has 0 aromatic rings. The van der Waals surface area contributed by atoms with Crippen molar-refractivity contribution in [3.8, 4) is 0 Å². The first-order valence-corrected chi connectivity index (χ1v) is 13.5. The van der Waals surface area contributed by atoms with Crippen molar-refractivity contribution in [1.29, 1.82) is 0 Å². The average molecular weight is 305 g/mol. The predicted molar refractivity (Wildman–Crippen MR) is 40.4 cm³/mol. The Labute approximate surface area is 66.4 Å². The average Bonchev–Trinajstić information content (AvgIpc) is 1.62. The third-order valence-electron chi connectivity index (χ3n) is 0.838. The van der Waals surface area contributed by atoms with E-state index in [1.165, 1.54) is 12.8 Å². The second-order valence-electron chi connectivity index (χ2n) is 1.50. The summed E-state index contributed by atoms with van der Waals surface area (Å²) in [5.41, 5.74) is 0. The van der Waals surface area contributed by atoms with E-state index in [9.17, 15) is 0 Å². The van der Waals surface area contributed by atoms with Crippen LogP contribution in [0, 0.1) is 0 Å². The van der Waals surface area contributed by atoms with E-state index in [2.05, 4.69) is 11.1 Å². The van der Waals surface area contributed by atoms with E-state index in [1.54, 1.807) is 5.32 Å². The minimum absolute atomic E-state index is 0.938. The van der Waals surface area contributed by atoms with Crippen molar-refractivity contribution < 1.29 is 0 Å². The molecule has 0 radical (unpaired) electrons. The summed E-state index contributed by atoms with van der Waals surface area (Å²) < 4.78 is 0.